The maximum atomic E-state index is 13.0. The number of sulfonamides is 1. The van der Waals surface area contributed by atoms with E-state index in [1.807, 2.05) is 31.2 Å². The Bertz CT molecular complexity index is 1030. The van der Waals surface area contributed by atoms with Crippen LogP contribution >= 0.6 is 0 Å². The van der Waals surface area contributed by atoms with E-state index >= 15 is 0 Å². The average molecular weight is 355 g/mol. The van der Waals surface area contributed by atoms with Crippen LogP contribution in [0.15, 0.2) is 71.6 Å². The predicted molar refractivity (Wildman–Crippen MR) is 97.3 cm³/mol. The predicted octanol–water partition coefficient (Wildman–Crippen LogP) is 3.43. The molecule has 3 aromatic rings. The summed E-state index contributed by atoms with van der Waals surface area (Å²) in [5.74, 6) is -1.22. The molecule has 3 aromatic carbocycles. The van der Waals surface area contributed by atoms with Crippen molar-refractivity contribution < 1.29 is 18.3 Å². The number of aryl methyl sites for hydroxylation is 1. The van der Waals surface area contributed by atoms with Gasteiger partial charge in [0.05, 0.1) is 10.6 Å². The molecule has 0 saturated heterocycles. The quantitative estimate of drug-likeness (QED) is 0.761. The lowest BCUT2D eigenvalue weighted by Gasteiger charge is -2.23. The van der Waals surface area contributed by atoms with Gasteiger partial charge in [-0.15, -0.1) is 0 Å². The fourth-order valence-corrected chi connectivity index (χ4v) is 4.01. The molecule has 3 rings (SSSR count). The lowest BCUT2D eigenvalue weighted by Crippen LogP contribution is -2.35. The van der Waals surface area contributed by atoms with Gasteiger partial charge in [-0.2, -0.15) is 0 Å². The number of rotatable bonds is 5. The van der Waals surface area contributed by atoms with Gasteiger partial charge in [0.2, 0.25) is 0 Å². The molecule has 0 aromatic heterocycles. The summed E-state index contributed by atoms with van der Waals surface area (Å²) in [7, 11) is -3.98. The second-order valence-electron chi connectivity index (χ2n) is 5.75. The Morgan fingerprint density at radius 3 is 2.24 bits per heavy atom. The van der Waals surface area contributed by atoms with Crippen LogP contribution in [-0.4, -0.2) is 26.0 Å². The van der Waals surface area contributed by atoms with Crippen molar-refractivity contribution in [2.24, 2.45) is 0 Å². The van der Waals surface area contributed by atoms with E-state index in [1.54, 1.807) is 30.3 Å². The summed E-state index contributed by atoms with van der Waals surface area (Å²) in [6.07, 6.45) is 0. The lowest BCUT2D eigenvalue weighted by molar-refractivity contribution is -0.135. The third kappa shape index (κ3) is 3.49. The summed E-state index contributed by atoms with van der Waals surface area (Å²) in [5.41, 5.74) is 1.25. The number of hydrogen-bond donors (Lipinski definition) is 1. The van der Waals surface area contributed by atoms with Crippen molar-refractivity contribution in [1.82, 2.24) is 0 Å². The van der Waals surface area contributed by atoms with Crippen molar-refractivity contribution in [3.8, 4) is 0 Å². The molecule has 0 amide bonds. The molecule has 6 heteroatoms. The number of hydrogen-bond acceptors (Lipinski definition) is 3. The Kier molecular flexibility index (Phi) is 4.46. The molecule has 0 bridgehead atoms. The van der Waals surface area contributed by atoms with Gasteiger partial charge in [-0.1, -0.05) is 48.0 Å². The molecule has 0 atom stereocenters. The van der Waals surface area contributed by atoms with Crippen LogP contribution in [0, 0.1) is 6.92 Å². The van der Waals surface area contributed by atoms with E-state index in [1.165, 1.54) is 12.1 Å². The van der Waals surface area contributed by atoms with E-state index in [9.17, 15) is 18.3 Å². The van der Waals surface area contributed by atoms with Crippen LogP contribution in [0.2, 0.25) is 0 Å². The number of carboxylic acid groups (broad SMARTS) is 1. The highest BCUT2D eigenvalue weighted by atomic mass is 32.2. The Labute approximate surface area is 146 Å². The zero-order valence-corrected chi connectivity index (χ0v) is 14.4. The van der Waals surface area contributed by atoms with Crippen LogP contribution in [0.5, 0.6) is 0 Å². The fourth-order valence-electron chi connectivity index (χ4n) is 2.61. The molecule has 0 spiro atoms. The van der Waals surface area contributed by atoms with E-state index in [2.05, 4.69) is 0 Å². The zero-order chi connectivity index (χ0) is 18.0. The molecular formula is C19H17NO4S. The van der Waals surface area contributed by atoms with Gasteiger partial charge in [0, 0.05) is 0 Å². The molecule has 0 fully saturated rings. The number of carboxylic acids is 1. The highest BCUT2D eigenvalue weighted by Gasteiger charge is 2.27. The zero-order valence-electron chi connectivity index (χ0n) is 13.6. The van der Waals surface area contributed by atoms with Crippen molar-refractivity contribution in [2.75, 3.05) is 10.8 Å². The van der Waals surface area contributed by atoms with E-state index in [-0.39, 0.29) is 4.90 Å². The summed E-state index contributed by atoms with van der Waals surface area (Å²) in [4.78, 5) is 11.3. The van der Waals surface area contributed by atoms with Crippen LogP contribution in [0.4, 0.5) is 5.69 Å². The van der Waals surface area contributed by atoms with Gasteiger partial charge in [0.25, 0.3) is 10.0 Å². The first-order valence-electron chi connectivity index (χ1n) is 7.68. The molecule has 1 N–H and O–H groups in total. The second kappa shape index (κ2) is 6.57. The number of fused-ring (bicyclic) bond motifs is 1. The molecule has 0 unspecified atom stereocenters. The molecule has 0 aliphatic rings. The van der Waals surface area contributed by atoms with Crippen LogP contribution in [-0.2, 0) is 14.8 Å². The highest BCUT2D eigenvalue weighted by molar-refractivity contribution is 7.92. The second-order valence-corrected chi connectivity index (χ2v) is 7.61. The lowest BCUT2D eigenvalue weighted by atomic mass is 10.1. The van der Waals surface area contributed by atoms with Crippen molar-refractivity contribution in [2.45, 2.75) is 11.8 Å². The van der Waals surface area contributed by atoms with Crippen molar-refractivity contribution in [3.63, 3.8) is 0 Å². The van der Waals surface area contributed by atoms with Crippen LogP contribution < -0.4 is 4.31 Å². The minimum Gasteiger partial charge on any atom is -0.480 e. The number of anilines is 1. The largest absolute Gasteiger partial charge is 0.480 e. The smallest absolute Gasteiger partial charge is 0.324 e. The molecule has 5 nitrogen and oxygen atoms in total. The van der Waals surface area contributed by atoms with Gasteiger partial charge in [-0.05, 0) is 42.0 Å². The van der Waals surface area contributed by atoms with E-state index in [0.717, 1.165) is 20.6 Å². The van der Waals surface area contributed by atoms with Crippen LogP contribution in [0.3, 0.4) is 0 Å². The first kappa shape index (κ1) is 17.0. The van der Waals surface area contributed by atoms with Gasteiger partial charge < -0.3 is 5.11 Å². The maximum Gasteiger partial charge on any atom is 0.324 e. The minimum absolute atomic E-state index is 0.0625. The summed E-state index contributed by atoms with van der Waals surface area (Å²) < 4.78 is 26.9. The summed E-state index contributed by atoms with van der Waals surface area (Å²) in [6, 6.07) is 18.9. The Hall–Kier alpha value is -2.86. The van der Waals surface area contributed by atoms with Gasteiger partial charge in [0.15, 0.2) is 0 Å². The number of aliphatic carboxylic acids is 1. The van der Waals surface area contributed by atoms with E-state index in [0.29, 0.717) is 5.69 Å². The van der Waals surface area contributed by atoms with Crippen LogP contribution in [0.1, 0.15) is 5.56 Å². The number of nitrogens with zero attached hydrogens (tertiary/aromatic N) is 1. The first-order chi connectivity index (χ1) is 11.9. The number of carbonyl (C=O) groups is 1. The van der Waals surface area contributed by atoms with Gasteiger partial charge in [-0.3, -0.25) is 9.10 Å². The molecule has 0 radical (unpaired) electrons. The highest BCUT2D eigenvalue weighted by Crippen LogP contribution is 2.27. The molecular weight excluding hydrogens is 338 g/mol. The third-order valence-corrected chi connectivity index (χ3v) is 5.70. The van der Waals surface area contributed by atoms with Crippen LogP contribution in [0.25, 0.3) is 10.8 Å². The van der Waals surface area contributed by atoms with Gasteiger partial charge in [-0.25, -0.2) is 8.42 Å². The summed E-state index contributed by atoms with van der Waals surface area (Å²) in [6.45, 7) is 1.21. The molecule has 0 aliphatic heterocycles. The minimum atomic E-state index is -3.98. The SMILES string of the molecule is Cc1ccc(S(=O)(=O)N(CC(=O)O)c2ccc3ccccc3c2)cc1. The van der Waals surface area contributed by atoms with Crippen molar-refractivity contribution >= 4 is 32.5 Å². The van der Waals surface area contributed by atoms with Gasteiger partial charge in [0.1, 0.15) is 6.54 Å². The van der Waals surface area contributed by atoms with E-state index < -0.39 is 22.5 Å². The van der Waals surface area contributed by atoms with Crippen molar-refractivity contribution in [1.29, 1.82) is 0 Å². The average Bonchev–Trinajstić information content (AvgIpc) is 2.59. The van der Waals surface area contributed by atoms with Crippen molar-refractivity contribution in [3.05, 3.63) is 72.3 Å². The summed E-state index contributed by atoms with van der Waals surface area (Å²) in [5, 5.41) is 11.0. The maximum absolute atomic E-state index is 13.0. The summed E-state index contributed by atoms with van der Waals surface area (Å²) >= 11 is 0. The molecule has 0 aliphatic carbocycles. The topological polar surface area (TPSA) is 74.7 Å². The van der Waals surface area contributed by atoms with E-state index in [4.69, 9.17) is 0 Å². The third-order valence-electron chi connectivity index (χ3n) is 3.91. The number of benzene rings is 3. The standard InChI is InChI=1S/C19H17NO4S/c1-14-6-10-18(11-7-14)25(23,24)20(13-19(21)22)17-9-8-15-4-2-3-5-16(15)12-17/h2-12H,13H2,1H3,(H,21,22). The molecule has 128 valence electrons. The fraction of sp³-hybridized carbons (Fsp3) is 0.105. The monoisotopic (exact) mass is 355 g/mol. The molecule has 25 heavy (non-hydrogen) atoms. The Morgan fingerprint density at radius 1 is 0.960 bits per heavy atom. The first-order valence-corrected chi connectivity index (χ1v) is 9.12. The molecule has 0 saturated carbocycles. The molecule has 0 heterocycles. The van der Waals surface area contributed by atoms with Gasteiger partial charge >= 0.3 is 5.97 Å². The normalized spacial score (nSPS) is 11.4. The Morgan fingerprint density at radius 2 is 1.60 bits per heavy atom. The Balaban J connectivity index is 2.12.